The molecule has 8 nitrogen and oxygen atoms in total. The second-order valence-electron chi connectivity index (χ2n) is 8.52. The smallest absolute Gasteiger partial charge is 0.229 e. The molecule has 5 rings (SSSR count). The van der Waals surface area contributed by atoms with Gasteiger partial charge in [0.2, 0.25) is 5.95 Å². The molecule has 0 radical (unpaired) electrons. The van der Waals surface area contributed by atoms with Crippen LogP contribution in [0.4, 0.5) is 11.8 Å². The van der Waals surface area contributed by atoms with E-state index in [4.69, 9.17) is 9.97 Å². The molecule has 2 aliphatic rings. The number of piperazine rings is 2. The van der Waals surface area contributed by atoms with Crippen molar-refractivity contribution in [1.82, 2.24) is 29.5 Å². The fourth-order valence-corrected chi connectivity index (χ4v) is 4.60. The Hall–Kier alpha value is -2.42. The van der Waals surface area contributed by atoms with Crippen LogP contribution < -0.4 is 9.80 Å². The van der Waals surface area contributed by atoms with E-state index in [1.54, 1.807) is 0 Å². The van der Waals surface area contributed by atoms with Crippen molar-refractivity contribution in [3.63, 3.8) is 0 Å². The van der Waals surface area contributed by atoms with Crippen LogP contribution in [0.3, 0.4) is 0 Å². The van der Waals surface area contributed by atoms with Crippen molar-refractivity contribution in [2.75, 3.05) is 68.7 Å². The van der Waals surface area contributed by atoms with Gasteiger partial charge < -0.3 is 14.7 Å². The van der Waals surface area contributed by atoms with Crippen LogP contribution in [0.15, 0.2) is 36.5 Å². The van der Waals surface area contributed by atoms with Gasteiger partial charge in [-0.15, -0.1) is 12.4 Å². The Kier molecular flexibility index (Phi) is 7.13. The summed E-state index contributed by atoms with van der Waals surface area (Å²) < 4.78 is 1.87. The number of hydrogen-bond donors (Lipinski definition) is 0. The normalized spacial score (nSPS) is 18.2. The summed E-state index contributed by atoms with van der Waals surface area (Å²) in [5.41, 5.74) is 2.29. The average molecular weight is 457 g/mol. The van der Waals surface area contributed by atoms with Crippen molar-refractivity contribution >= 4 is 35.2 Å². The maximum atomic E-state index is 5.07. The van der Waals surface area contributed by atoms with Gasteiger partial charge in [-0.05, 0) is 12.1 Å². The molecule has 172 valence electrons. The molecule has 0 N–H and O–H groups in total. The van der Waals surface area contributed by atoms with Gasteiger partial charge in [-0.2, -0.15) is 15.1 Å². The van der Waals surface area contributed by atoms with Crippen LogP contribution in [0, 0.1) is 0 Å². The third-order valence-electron chi connectivity index (χ3n) is 6.58. The molecule has 0 bridgehead atoms. The third kappa shape index (κ3) is 4.67. The topological polar surface area (TPSA) is 56.6 Å². The SMILES string of the molecule is CCN1CCN(c2nc(N3CCN(Cc4ccccc4)CC3)nc3c2cnn3C)CC1.Cl. The first-order chi connectivity index (χ1) is 15.2. The number of halogens is 1. The molecule has 0 aliphatic carbocycles. The first-order valence-electron chi connectivity index (χ1n) is 11.4. The number of nitrogens with zero attached hydrogens (tertiary/aromatic N) is 8. The highest BCUT2D eigenvalue weighted by Crippen LogP contribution is 2.27. The minimum Gasteiger partial charge on any atom is -0.353 e. The molecule has 0 spiro atoms. The number of aryl methyl sites for hydroxylation is 1. The summed E-state index contributed by atoms with van der Waals surface area (Å²) in [6.07, 6.45) is 1.92. The van der Waals surface area contributed by atoms with Gasteiger partial charge in [0.1, 0.15) is 5.82 Å². The number of hydrogen-bond acceptors (Lipinski definition) is 7. The van der Waals surface area contributed by atoms with Gasteiger partial charge in [0, 0.05) is 66.0 Å². The van der Waals surface area contributed by atoms with Crippen molar-refractivity contribution < 1.29 is 0 Å². The molecule has 9 heteroatoms. The number of benzene rings is 1. The number of anilines is 2. The van der Waals surface area contributed by atoms with Crippen LogP contribution in [-0.2, 0) is 13.6 Å². The second kappa shape index (κ2) is 10.0. The molecule has 2 saturated heterocycles. The maximum absolute atomic E-state index is 5.07. The Morgan fingerprint density at radius 3 is 2.16 bits per heavy atom. The van der Waals surface area contributed by atoms with Crippen LogP contribution in [0.2, 0.25) is 0 Å². The van der Waals surface area contributed by atoms with E-state index in [1.807, 2.05) is 17.9 Å². The Morgan fingerprint density at radius 1 is 0.812 bits per heavy atom. The summed E-state index contributed by atoms with van der Waals surface area (Å²) in [7, 11) is 1.97. The minimum absolute atomic E-state index is 0. The highest BCUT2D eigenvalue weighted by Gasteiger charge is 2.25. The number of likely N-dealkylation sites (N-methyl/N-ethyl adjacent to an activating group) is 1. The van der Waals surface area contributed by atoms with Crippen LogP contribution >= 0.6 is 12.4 Å². The van der Waals surface area contributed by atoms with E-state index < -0.39 is 0 Å². The van der Waals surface area contributed by atoms with Gasteiger partial charge in [0.25, 0.3) is 0 Å². The van der Waals surface area contributed by atoms with Gasteiger partial charge in [0.05, 0.1) is 11.6 Å². The quantitative estimate of drug-likeness (QED) is 0.583. The van der Waals surface area contributed by atoms with E-state index in [0.29, 0.717) is 0 Å². The Morgan fingerprint density at radius 2 is 1.47 bits per heavy atom. The van der Waals surface area contributed by atoms with E-state index >= 15 is 0 Å². The van der Waals surface area contributed by atoms with Gasteiger partial charge >= 0.3 is 0 Å². The highest BCUT2D eigenvalue weighted by atomic mass is 35.5. The summed E-state index contributed by atoms with van der Waals surface area (Å²) in [4.78, 5) is 19.7. The molecule has 0 saturated carbocycles. The number of fused-ring (bicyclic) bond motifs is 1. The molecule has 32 heavy (non-hydrogen) atoms. The molecule has 2 aliphatic heterocycles. The third-order valence-corrected chi connectivity index (χ3v) is 6.58. The lowest BCUT2D eigenvalue weighted by atomic mass is 10.2. The van der Waals surface area contributed by atoms with Crippen molar-refractivity contribution in [3.8, 4) is 0 Å². The lowest BCUT2D eigenvalue weighted by molar-refractivity contribution is 0.248. The molecule has 1 aromatic carbocycles. The van der Waals surface area contributed by atoms with Crippen LogP contribution in [-0.4, -0.2) is 88.5 Å². The molecule has 0 unspecified atom stereocenters. The van der Waals surface area contributed by atoms with Gasteiger partial charge in [-0.25, -0.2) is 0 Å². The zero-order valence-electron chi connectivity index (χ0n) is 19.0. The predicted molar refractivity (Wildman–Crippen MR) is 132 cm³/mol. The highest BCUT2D eigenvalue weighted by molar-refractivity contribution is 5.88. The van der Waals surface area contributed by atoms with Crippen molar-refractivity contribution in [2.24, 2.45) is 7.05 Å². The zero-order chi connectivity index (χ0) is 21.2. The average Bonchev–Trinajstić information content (AvgIpc) is 3.20. The van der Waals surface area contributed by atoms with E-state index in [2.05, 4.69) is 62.0 Å². The fourth-order valence-electron chi connectivity index (χ4n) is 4.60. The molecule has 3 aromatic rings. The zero-order valence-corrected chi connectivity index (χ0v) is 19.8. The molecule has 0 amide bonds. The molecule has 2 fully saturated rings. The molecule has 0 atom stereocenters. The summed E-state index contributed by atoms with van der Waals surface area (Å²) in [5.74, 6) is 1.87. The monoisotopic (exact) mass is 456 g/mol. The summed E-state index contributed by atoms with van der Waals surface area (Å²) in [6.45, 7) is 12.4. The fraction of sp³-hybridized carbons (Fsp3) is 0.522. The molecule has 2 aromatic heterocycles. The van der Waals surface area contributed by atoms with Gasteiger partial charge in [-0.1, -0.05) is 37.3 Å². The van der Waals surface area contributed by atoms with Crippen LogP contribution in [0.25, 0.3) is 11.0 Å². The van der Waals surface area contributed by atoms with Gasteiger partial charge in [-0.3, -0.25) is 9.58 Å². The molecular formula is C23H33ClN8. The van der Waals surface area contributed by atoms with E-state index in [9.17, 15) is 0 Å². The summed E-state index contributed by atoms with van der Waals surface area (Å²) in [5, 5.41) is 5.53. The predicted octanol–water partition coefficient (Wildman–Crippen LogP) is 2.25. The Labute approximate surface area is 196 Å². The standard InChI is InChI=1S/C23H32N8.ClH/c1-3-28-9-13-30(14-10-28)22-20-17-24-27(2)21(20)25-23(26-22)31-15-11-29(12-16-31)18-19-7-5-4-6-8-19;/h4-8,17H,3,9-16,18H2,1-2H3;1H. The molecule has 4 heterocycles. The Bertz CT molecular complexity index is 1010. The maximum Gasteiger partial charge on any atom is 0.229 e. The van der Waals surface area contributed by atoms with Crippen molar-refractivity contribution in [1.29, 1.82) is 0 Å². The van der Waals surface area contributed by atoms with E-state index in [1.165, 1.54) is 5.56 Å². The minimum atomic E-state index is 0. The number of rotatable bonds is 5. The van der Waals surface area contributed by atoms with Crippen LogP contribution in [0.1, 0.15) is 12.5 Å². The van der Waals surface area contributed by atoms with E-state index in [-0.39, 0.29) is 12.4 Å². The summed E-state index contributed by atoms with van der Waals surface area (Å²) in [6, 6.07) is 10.7. The lowest BCUT2D eigenvalue weighted by Gasteiger charge is -2.37. The summed E-state index contributed by atoms with van der Waals surface area (Å²) >= 11 is 0. The Balaban J connectivity index is 0.00000245. The molecular weight excluding hydrogens is 424 g/mol. The first kappa shape index (κ1) is 22.8. The van der Waals surface area contributed by atoms with Crippen molar-refractivity contribution in [3.05, 3.63) is 42.1 Å². The number of aromatic nitrogens is 4. The van der Waals surface area contributed by atoms with Crippen molar-refractivity contribution in [2.45, 2.75) is 13.5 Å². The van der Waals surface area contributed by atoms with E-state index in [0.717, 1.165) is 88.2 Å². The first-order valence-corrected chi connectivity index (χ1v) is 11.4. The van der Waals surface area contributed by atoms with Gasteiger partial charge in [0.15, 0.2) is 5.65 Å². The van der Waals surface area contributed by atoms with Crippen LogP contribution in [0.5, 0.6) is 0 Å². The second-order valence-corrected chi connectivity index (χ2v) is 8.52. The largest absolute Gasteiger partial charge is 0.353 e. The lowest BCUT2D eigenvalue weighted by Crippen LogP contribution is -2.48.